The molecule has 0 fully saturated rings. The molecule has 596 valence electrons. The van der Waals surface area contributed by atoms with Gasteiger partial charge in [0.25, 0.3) is 0 Å². The van der Waals surface area contributed by atoms with Gasteiger partial charge in [-0.05, 0) is 167 Å². The summed E-state index contributed by atoms with van der Waals surface area (Å²) in [5.41, 5.74) is 0. The Morgan fingerprint density at radius 2 is 0.500 bits per heavy atom. The molecule has 0 aromatic rings. The smallest absolute Gasteiger partial charge is 0.462 e. The summed E-state index contributed by atoms with van der Waals surface area (Å²) in [4.78, 5) is 73.1. The van der Waals surface area contributed by atoms with Crippen molar-refractivity contribution in [2.24, 2.45) is 0 Å². The fourth-order valence-electron chi connectivity index (χ4n) is 10.4. The normalized spacial score (nSPS) is 14.6. The van der Waals surface area contributed by atoms with E-state index in [0.29, 0.717) is 25.7 Å². The highest BCUT2D eigenvalue weighted by molar-refractivity contribution is 7.47. The van der Waals surface area contributed by atoms with Crippen LogP contribution in [0.15, 0.2) is 134 Å². The van der Waals surface area contributed by atoms with E-state index in [9.17, 15) is 43.2 Å². The minimum Gasteiger partial charge on any atom is -0.462 e. The number of aliphatic hydroxyl groups is 1. The monoisotopic (exact) mass is 1500 g/mol. The number of aliphatic hydroxyl groups excluding tert-OH is 1. The van der Waals surface area contributed by atoms with Crippen LogP contribution in [-0.4, -0.2) is 96.7 Å². The Bertz CT molecular complexity index is 2490. The minimum atomic E-state index is -5.00. The van der Waals surface area contributed by atoms with Crippen LogP contribution in [0.1, 0.15) is 323 Å². The van der Waals surface area contributed by atoms with E-state index in [4.69, 9.17) is 37.0 Å². The summed E-state index contributed by atoms with van der Waals surface area (Å²) >= 11 is 0. The summed E-state index contributed by atoms with van der Waals surface area (Å²) in [6.07, 6.45) is 85.6. The molecule has 0 aromatic carbocycles. The van der Waals surface area contributed by atoms with Crippen LogP contribution in [0.25, 0.3) is 0 Å². The van der Waals surface area contributed by atoms with Crippen molar-refractivity contribution in [1.29, 1.82) is 0 Å². The molecule has 0 saturated carbocycles. The lowest BCUT2D eigenvalue weighted by molar-refractivity contribution is -0.161. The van der Waals surface area contributed by atoms with Gasteiger partial charge in [-0.3, -0.25) is 37.3 Å². The number of carbonyl (C=O) groups excluding carboxylic acids is 4. The van der Waals surface area contributed by atoms with Crippen molar-refractivity contribution in [2.75, 3.05) is 39.6 Å². The number of esters is 4. The predicted octanol–water partition coefficient (Wildman–Crippen LogP) is 23.7. The molecule has 0 spiro atoms. The number of hydrogen-bond donors (Lipinski definition) is 3. The molecule has 5 unspecified atom stereocenters. The fraction of sp³-hybridized carbons (Fsp3) is 0.694. The molecular formula is C85H144O17P2. The van der Waals surface area contributed by atoms with E-state index in [0.717, 1.165) is 186 Å². The summed E-state index contributed by atoms with van der Waals surface area (Å²) < 4.78 is 68.6. The molecule has 5 atom stereocenters. The first kappa shape index (κ1) is 99.2. The molecule has 0 saturated heterocycles. The number of phosphoric ester groups is 2. The fourth-order valence-corrected chi connectivity index (χ4v) is 12.0. The standard InChI is InChI=1S/C85H144O17P2/c1-5-9-13-17-21-25-29-33-37-39-43-46-50-54-58-62-66-70-83(88)96-76-81(102-85(90)72-68-64-60-56-52-48-44-40-38-34-30-26-22-18-14-10-6-2)78-100-104(93,94)98-74-79(86)73-97-103(91,92)99-77-80(101-84(89)71-67-63-59-55-51-47-42-36-32-28-24-20-16-12-8-4)75-95-82(87)69-65-61-57-53-49-45-41-35-31-27-23-19-15-11-7-3/h9,13,21-28,33-38,41-44,46,48,79-81,86H,5-8,10-12,14-20,29-32,39-40,45,47,49-78H2,1-4H3,(H,91,92)(H,93,94). The number of hydrogen-bond acceptors (Lipinski definition) is 15. The van der Waals surface area contributed by atoms with Crippen molar-refractivity contribution in [1.82, 2.24) is 0 Å². The van der Waals surface area contributed by atoms with Gasteiger partial charge in [0.05, 0.1) is 26.4 Å². The van der Waals surface area contributed by atoms with Crippen LogP contribution in [-0.2, 0) is 65.4 Å². The molecule has 0 rings (SSSR count). The zero-order valence-corrected chi connectivity index (χ0v) is 66.9. The van der Waals surface area contributed by atoms with Crippen LogP contribution in [0.5, 0.6) is 0 Å². The zero-order valence-electron chi connectivity index (χ0n) is 65.2. The Morgan fingerprint density at radius 1 is 0.279 bits per heavy atom. The molecule has 0 bridgehead atoms. The topological polar surface area (TPSA) is 237 Å². The maximum Gasteiger partial charge on any atom is 0.472 e. The molecule has 0 amide bonds. The van der Waals surface area contributed by atoms with Crippen LogP contribution >= 0.6 is 15.6 Å². The molecule has 3 N–H and O–H groups in total. The zero-order chi connectivity index (χ0) is 76.0. The number of allylic oxidation sites excluding steroid dienone is 22. The van der Waals surface area contributed by atoms with Crippen LogP contribution in [0.3, 0.4) is 0 Å². The van der Waals surface area contributed by atoms with Gasteiger partial charge in [0, 0.05) is 25.7 Å². The third-order valence-corrected chi connectivity index (χ3v) is 18.5. The van der Waals surface area contributed by atoms with E-state index in [-0.39, 0.29) is 25.7 Å². The summed E-state index contributed by atoms with van der Waals surface area (Å²) in [6, 6.07) is 0. The van der Waals surface area contributed by atoms with Gasteiger partial charge in [-0.15, -0.1) is 0 Å². The predicted molar refractivity (Wildman–Crippen MR) is 427 cm³/mol. The van der Waals surface area contributed by atoms with Crippen molar-refractivity contribution in [3.63, 3.8) is 0 Å². The average Bonchev–Trinajstić information content (AvgIpc) is 0.926. The second-order valence-corrected chi connectivity index (χ2v) is 29.5. The van der Waals surface area contributed by atoms with E-state index in [1.807, 2.05) is 0 Å². The van der Waals surface area contributed by atoms with Crippen LogP contribution in [0, 0.1) is 0 Å². The molecule has 104 heavy (non-hydrogen) atoms. The molecule has 0 aromatic heterocycles. The van der Waals surface area contributed by atoms with Crippen molar-refractivity contribution in [3.8, 4) is 0 Å². The second kappa shape index (κ2) is 76.4. The first-order valence-corrected chi connectivity index (χ1v) is 43.4. The summed E-state index contributed by atoms with van der Waals surface area (Å²) in [6.45, 7) is 4.61. The van der Waals surface area contributed by atoms with E-state index < -0.39 is 97.5 Å². The Hall–Kier alpha value is -4.80. The first-order chi connectivity index (χ1) is 50.7. The molecule has 19 heteroatoms. The van der Waals surface area contributed by atoms with Crippen molar-refractivity contribution < 1.29 is 80.2 Å². The van der Waals surface area contributed by atoms with Crippen LogP contribution < -0.4 is 0 Å². The second-order valence-electron chi connectivity index (χ2n) is 26.6. The van der Waals surface area contributed by atoms with E-state index in [1.54, 1.807) is 0 Å². The average molecular weight is 1500 g/mol. The number of phosphoric acid groups is 2. The van der Waals surface area contributed by atoms with E-state index in [2.05, 4.69) is 161 Å². The molecule has 0 aliphatic carbocycles. The van der Waals surface area contributed by atoms with E-state index in [1.165, 1.54) is 57.8 Å². The number of rotatable bonds is 75. The molecule has 0 heterocycles. The Kier molecular flexibility index (Phi) is 72.9. The van der Waals surface area contributed by atoms with Gasteiger partial charge in [-0.1, -0.05) is 264 Å². The van der Waals surface area contributed by atoms with Crippen molar-refractivity contribution >= 4 is 39.5 Å². The molecule has 0 radical (unpaired) electrons. The van der Waals surface area contributed by atoms with Crippen molar-refractivity contribution in [2.45, 2.75) is 341 Å². The van der Waals surface area contributed by atoms with Crippen molar-refractivity contribution in [3.05, 3.63) is 134 Å². The Balaban J connectivity index is 5.44. The highest BCUT2D eigenvalue weighted by Gasteiger charge is 2.30. The van der Waals surface area contributed by atoms with Gasteiger partial charge >= 0.3 is 39.5 Å². The Morgan fingerprint density at radius 3 is 0.769 bits per heavy atom. The lowest BCUT2D eigenvalue weighted by atomic mass is 10.1. The van der Waals surface area contributed by atoms with Gasteiger partial charge in [0.2, 0.25) is 0 Å². The number of unbranched alkanes of at least 4 members (excludes halogenated alkanes) is 27. The minimum absolute atomic E-state index is 0.0599. The molecular weight excluding hydrogens is 1350 g/mol. The lowest BCUT2D eigenvalue weighted by Gasteiger charge is -2.21. The third-order valence-electron chi connectivity index (χ3n) is 16.6. The quantitative estimate of drug-likeness (QED) is 0.0169. The largest absolute Gasteiger partial charge is 0.472 e. The SMILES string of the molecule is CCC=CCC=CCC=CCC=CCCCCCCC(=O)OCC(COP(=O)(O)OCC(O)COP(=O)(O)OCC(COC(=O)CCCCCCCC=CCC=CCCCCC)OC(=O)CCCCCCCC=CCC=CCCCCC)OC(=O)CCCCCCC=CCC=CCC=CCCCCC. The van der Waals surface area contributed by atoms with Gasteiger partial charge < -0.3 is 33.8 Å². The maximum atomic E-state index is 13.1. The van der Waals surface area contributed by atoms with Gasteiger partial charge in [-0.2, -0.15) is 0 Å². The third kappa shape index (κ3) is 75.4. The molecule has 17 nitrogen and oxygen atoms in total. The highest BCUT2D eigenvalue weighted by atomic mass is 31.2. The van der Waals surface area contributed by atoms with Gasteiger partial charge in [0.1, 0.15) is 19.3 Å². The van der Waals surface area contributed by atoms with Crippen LogP contribution in [0.4, 0.5) is 0 Å². The van der Waals surface area contributed by atoms with Gasteiger partial charge in [0.15, 0.2) is 12.2 Å². The van der Waals surface area contributed by atoms with Gasteiger partial charge in [-0.25, -0.2) is 9.13 Å². The molecule has 0 aliphatic rings. The highest BCUT2D eigenvalue weighted by Crippen LogP contribution is 2.45. The number of carbonyl (C=O) groups is 4. The first-order valence-electron chi connectivity index (χ1n) is 40.4. The van der Waals surface area contributed by atoms with E-state index >= 15 is 0 Å². The summed E-state index contributed by atoms with van der Waals surface area (Å²) in [5, 5.41) is 10.6. The summed E-state index contributed by atoms with van der Waals surface area (Å²) in [7, 11) is -9.99. The maximum absolute atomic E-state index is 13.1. The summed E-state index contributed by atoms with van der Waals surface area (Å²) in [5.74, 6) is -2.25. The molecule has 0 aliphatic heterocycles. The number of ether oxygens (including phenoxy) is 4. The Labute approximate surface area is 631 Å². The van der Waals surface area contributed by atoms with Crippen LogP contribution in [0.2, 0.25) is 0 Å². The lowest BCUT2D eigenvalue weighted by Crippen LogP contribution is -2.30.